The van der Waals surface area contributed by atoms with E-state index in [1.165, 1.54) is 32.3 Å². The summed E-state index contributed by atoms with van der Waals surface area (Å²) >= 11 is 6.12. The van der Waals surface area contributed by atoms with Crippen molar-refractivity contribution in [3.8, 4) is 0 Å². The van der Waals surface area contributed by atoms with Crippen LogP contribution in [-0.4, -0.2) is 32.7 Å². The first-order chi connectivity index (χ1) is 15.3. The largest absolute Gasteiger partial charge is 0.459 e. The maximum absolute atomic E-state index is 13.2. The van der Waals surface area contributed by atoms with Gasteiger partial charge in [0.05, 0.1) is 5.02 Å². The highest BCUT2D eigenvalue weighted by Crippen LogP contribution is 2.29. The number of sulfonamides is 1. The van der Waals surface area contributed by atoms with Gasteiger partial charge in [0.25, 0.3) is 5.91 Å². The van der Waals surface area contributed by atoms with Crippen molar-refractivity contribution in [3.05, 3.63) is 101 Å². The fraction of sp³-hybridized carbons (Fsp3) is 0.125. The van der Waals surface area contributed by atoms with E-state index in [1.54, 1.807) is 0 Å². The third kappa shape index (κ3) is 4.27. The molecule has 32 heavy (non-hydrogen) atoms. The topological polar surface area (TPSA) is 79.6 Å². The molecule has 0 aliphatic carbocycles. The number of nitrogens with one attached hydrogen (secondary N) is 1. The molecular weight excluding hydrogens is 448 g/mol. The quantitative estimate of drug-likeness (QED) is 0.438. The van der Waals surface area contributed by atoms with Crippen molar-refractivity contribution in [2.24, 2.45) is 0 Å². The Bertz CT molecular complexity index is 1350. The minimum Gasteiger partial charge on any atom is -0.459 e. The average molecular weight is 469 g/mol. The highest BCUT2D eigenvalue weighted by atomic mass is 35.5. The van der Waals surface area contributed by atoms with Crippen molar-refractivity contribution in [1.82, 2.24) is 9.62 Å². The smallest absolute Gasteiger partial charge is 0.252 e. The molecule has 4 rings (SSSR count). The minimum absolute atomic E-state index is 0.0483. The fourth-order valence-corrected chi connectivity index (χ4v) is 4.76. The number of carbonyl (C=O) groups excluding carboxylic acids is 1. The van der Waals surface area contributed by atoms with E-state index in [4.69, 9.17) is 16.0 Å². The summed E-state index contributed by atoms with van der Waals surface area (Å²) in [6.45, 7) is 0. The summed E-state index contributed by atoms with van der Waals surface area (Å²) in [4.78, 5) is 13.0. The Kier molecular flexibility index (Phi) is 6.06. The second-order valence-electron chi connectivity index (χ2n) is 7.44. The van der Waals surface area contributed by atoms with Crippen LogP contribution in [-0.2, 0) is 10.0 Å². The van der Waals surface area contributed by atoms with Crippen LogP contribution in [0.3, 0.4) is 0 Å². The van der Waals surface area contributed by atoms with Crippen LogP contribution in [0.5, 0.6) is 0 Å². The lowest BCUT2D eigenvalue weighted by Gasteiger charge is -2.18. The van der Waals surface area contributed by atoms with Gasteiger partial charge >= 0.3 is 0 Å². The SMILES string of the molecule is CN(C)S(=O)(=O)c1cc(C(=O)NC(c2ccccc2)c2cc3ccccc3o2)ccc1Cl. The Hall–Kier alpha value is -3.13. The van der Waals surface area contributed by atoms with Gasteiger partial charge in [-0.15, -0.1) is 0 Å². The van der Waals surface area contributed by atoms with Gasteiger partial charge in [-0.1, -0.05) is 60.1 Å². The molecule has 4 aromatic rings. The molecule has 0 bridgehead atoms. The van der Waals surface area contributed by atoms with E-state index in [0.717, 1.165) is 15.3 Å². The monoisotopic (exact) mass is 468 g/mol. The lowest BCUT2D eigenvalue weighted by Crippen LogP contribution is -2.29. The summed E-state index contributed by atoms with van der Waals surface area (Å²) in [5.74, 6) is 0.118. The van der Waals surface area contributed by atoms with E-state index in [1.807, 2.05) is 60.7 Å². The van der Waals surface area contributed by atoms with Crippen LogP contribution in [0.1, 0.15) is 27.7 Å². The number of para-hydroxylation sites is 1. The number of carbonyl (C=O) groups is 1. The number of rotatable bonds is 6. The number of fused-ring (bicyclic) bond motifs is 1. The first kappa shape index (κ1) is 22.1. The van der Waals surface area contributed by atoms with Crippen LogP contribution >= 0.6 is 11.6 Å². The zero-order valence-corrected chi connectivity index (χ0v) is 19.0. The molecule has 164 valence electrons. The van der Waals surface area contributed by atoms with Crippen LogP contribution in [0.4, 0.5) is 0 Å². The average Bonchev–Trinajstić information content (AvgIpc) is 3.22. The van der Waals surface area contributed by atoms with Gasteiger partial charge in [0.2, 0.25) is 10.0 Å². The van der Waals surface area contributed by atoms with Gasteiger partial charge in [-0.3, -0.25) is 4.79 Å². The van der Waals surface area contributed by atoms with Gasteiger partial charge in [-0.25, -0.2) is 12.7 Å². The second-order valence-corrected chi connectivity index (χ2v) is 9.96. The molecule has 1 atom stereocenters. The normalized spacial score (nSPS) is 12.8. The van der Waals surface area contributed by atoms with Gasteiger partial charge in [-0.2, -0.15) is 0 Å². The Balaban J connectivity index is 1.73. The van der Waals surface area contributed by atoms with Crippen LogP contribution < -0.4 is 5.32 Å². The van der Waals surface area contributed by atoms with Gasteiger partial charge in [0.1, 0.15) is 22.3 Å². The van der Waals surface area contributed by atoms with E-state index in [0.29, 0.717) is 11.3 Å². The van der Waals surface area contributed by atoms with Crippen LogP contribution in [0, 0.1) is 0 Å². The molecule has 1 aromatic heterocycles. The lowest BCUT2D eigenvalue weighted by atomic mass is 10.0. The molecule has 1 heterocycles. The van der Waals surface area contributed by atoms with Crippen molar-refractivity contribution in [1.29, 1.82) is 0 Å². The molecule has 6 nitrogen and oxygen atoms in total. The third-order valence-electron chi connectivity index (χ3n) is 5.09. The number of nitrogens with zero attached hydrogens (tertiary/aromatic N) is 1. The first-order valence-corrected chi connectivity index (χ1v) is 11.7. The molecule has 1 N–H and O–H groups in total. The number of hydrogen-bond acceptors (Lipinski definition) is 4. The Labute approximate surface area is 191 Å². The molecule has 0 spiro atoms. The predicted octanol–water partition coefficient (Wildman–Crippen LogP) is 4.86. The predicted molar refractivity (Wildman–Crippen MR) is 124 cm³/mol. The fourth-order valence-electron chi connectivity index (χ4n) is 3.36. The summed E-state index contributed by atoms with van der Waals surface area (Å²) in [6.07, 6.45) is 0. The third-order valence-corrected chi connectivity index (χ3v) is 7.39. The molecule has 3 aromatic carbocycles. The second kappa shape index (κ2) is 8.78. The summed E-state index contributed by atoms with van der Waals surface area (Å²) < 4.78 is 32.2. The minimum atomic E-state index is -3.81. The molecule has 0 saturated heterocycles. The number of halogens is 1. The summed E-state index contributed by atoms with van der Waals surface area (Å²) in [7, 11) is -0.995. The van der Waals surface area contributed by atoms with E-state index in [9.17, 15) is 13.2 Å². The van der Waals surface area contributed by atoms with E-state index in [2.05, 4.69) is 5.32 Å². The van der Waals surface area contributed by atoms with Gasteiger partial charge in [-0.05, 0) is 35.9 Å². The molecular formula is C24H21ClN2O4S. The Morgan fingerprint density at radius 2 is 1.66 bits per heavy atom. The summed E-state index contributed by atoms with van der Waals surface area (Å²) in [6, 6.07) is 22.5. The molecule has 0 fully saturated rings. The molecule has 0 saturated carbocycles. The van der Waals surface area contributed by atoms with Crippen molar-refractivity contribution in [2.45, 2.75) is 10.9 Å². The first-order valence-electron chi connectivity index (χ1n) is 9.84. The van der Waals surface area contributed by atoms with Gasteiger partial charge in [0, 0.05) is 25.0 Å². The highest BCUT2D eigenvalue weighted by molar-refractivity contribution is 7.89. The standard InChI is InChI=1S/C24H21ClN2O4S/c1-27(2)32(29,30)22-15-18(12-13-19(22)25)24(28)26-23(16-8-4-3-5-9-16)21-14-17-10-6-7-11-20(17)31-21/h3-15,23H,1-2H3,(H,26,28). The Morgan fingerprint density at radius 1 is 0.969 bits per heavy atom. The number of benzene rings is 3. The van der Waals surface area contributed by atoms with Crippen molar-refractivity contribution in [3.63, 3.8) is 0 Å². The lowest BCUT2D eigenvalue weighted by molar-refractivity contribution is 0.0939. The van der Waals surface area contributed by atoms with Crippen LogP contribution in [0.15, 0.2) is 88.2 Å². The number of amides is 1. The number of hydrogen-bond donors (Lipinski definition) is 1. The number of furan rings is 1. The maximum atomic E-state index is 13.2. The van der Waals surface area contributed by atoms with Crippen LogP contribution in [0.25, 0.3) is 11.0 Å². The molecule has 0 aliphatic rings. The van der Waals surface area contributed by atoms with Gasteiger partial charge < -0.3 is 9.73 Å². The molecule has 0 radical (unpaired) electrons. The highest BCUT2D eigenvalue weighted by Gasteiger charge is 2.25. The Morgan fingerprint density at radius 3 is 2.34 bits per heavy atom. The van der Waals surface area contributed by atoms with E-state index >= 15 is 0 Å². The van der Waals surface area contributed by atoms with E-state index in [-0.39, 0.29) is 15.5 Å². The van der Waals surface area contributed by atoms with E-state index < -0.39 is 22.0 Å². The zero-order chi connectivity index (χ0) is 22.9. The molecule has 0 aliphatic heterocycles. The summed E-state index contributed by atoms with van der Waals surface area (Å²) in [5, 5.41) is 3.94. The van der Waals surface area contributed by atoms with Crippen molar-refractivity contribution < 1.29 is 17.6 Å². The van der Waals surface area contributed by atoms with Crippen molar-refractivity contribution in [2.75, 3.05) is 14.1 Å². The molecule has 1 unspecified atom stereocenters. The van der Waals surface area contributed by atoms with Crippen LogP contribution in [0.2, 0.25) is 5.02 Å². The van der Waals surface area contributed by atoms with Gasteiger partial charge in [0.15, 0.2) is 0 Å². The summed E-state index contributed by atoms with van der Waals surface area (Å²) in [5.41, 5.74) is 1.71. The maximum Gasteiger partial charge on any atom is 0.252 e. The molecule has 1 amide bonds. The molecule has 8 heteroatoms. The zero-order valence-electron chi connectivity index (χ0n) is 17.4. The van der Waals surface area contributed by atoms with Crippen molar-refractivity contribution >= 4 is 38.5 Å².